The zero-order chi connectivity index (χ0) is 24.0. The quantitative estimate of drug-likeness (QED) is 0.512. The molecule has 4 heterocycles. The molecule has 0 radical (unpaired) electrons. The van der Waals surface area contributed by atoms with E-state index >= 15 is 0 Å². The standard InChI is InChI=1S/C32H38N2O2/c1-30-10-8-26-19-25-4-5-27(34-14-16-35-17-15-34)20-31(25)11-12-32(26,36-31)29(30)7-6-28(30)23-3-2-22-9-13-33-21-24(22)18-23/h2-3,8-9,13,18-19,21,27-29H,4-7,10-12,14-17,20H2,1H3/t27-,28-,29-,30-,31-,32-/m1/s1. The second-order valence-electron chi connectivity index (χ2n) is 12.7. The molecule has 1 aromatic heterocycles. The van der Waals surface area contributed by atoms with Crippen molar-refractivity contribution in [3.8, 4) is 0 Å². The van der Waals surface area contributed by atoms with Crippen LogP contribution in [0.5, 0.6) is 0 Å². The molecule has 188 valence electrons. The summed E-state index contributed by atoms with van der Waals surface area (Å²) >= 11 is 0. The van der Waals surface area contributed by atoms with E-state index in [1.54, 1.807) is 5.57 Å². The molecule has 1 aromatic carbocycles. The van der Waals surface area contributed by atoms with Crippen LogP contribution in [0.4, 0.5) is 0 Å². The van der Waals surface area contributed by atoms with Crippen molar-refractivity contribution in [2.75, 3.05) is 26.3 Å². The number of hydrogen-bond donors (Lipinski definition) is 0. The maximum absolute atomic E-state index is 7.53. The predicted octanol–water partition coefficient (Wildman–Crippen LogP) is 6.18. The van der Waals surface area contributed by atoms with E-state index in [0.717, 1.165) is 26.3 Å². The highest BCUT2D eigenvalue weighted by molar-refractivity contribution is 5.82. The molecule has 0 amide bonds. The van der Waals surface area contributed by atoms with Gasteiger partial charge < -0.3 is 9.47 Å². The van der Waals surface area contributed by atoms with E-state index < -0.39 is 0 Å². The Hall–Kier alpha value is -2.01. The first-order valence-corrected chi connectivity index (χ1v) is 14.4. The minimum absolute atomic E-state index is 0.0243. The van der Waals surface area contributed by atoms with Gasteiger partial charge >= 0.3 is 0 Å². The summed E-state index contributed by atoms with van der Waals surface area (Å²) in [4.78, 5) is 7.09. The molecule has 6 atom stereocenters. The van der Waals surface area contributed by atoms with E-state index in [1.807, 2.05) is 12.4 Å². The SMILES string of the molecule is C[C@]12CC=C3C=C4CC[C@@H](N5CCOCC5)C[C@]45CC[C@]3(O5)[C@@H]1CC[C@@H]2c1ccc2ccncc2c1. The lowest BCUT2D eigenvalue weighted by Gasteiger charge is -2.55. The van der Waals surface area contributed by atoms with Crippen molar-refractivity contribution in [3.05, 3.63) is 65.5 Å². The fourth-order valence-electron chi connectivity index (χ4n) is 9.50. The third kappa shape index (κ3) is 2.95. The zero-order valence-corrected chi connectivity index (χ0v) is 21.5. The number of allylic oxidation sites excluding steroid dienone is 1. The molecule has 2 saturated heterocycles. The summed E-state index contributed by atoms with van der Waals surface area (Å²) in [7, 11) is 0. The van der Waals surface area contributed by atoms with E-state index in [0.29, 0.717) is 17.9 Å². The first kappa shape index (κ1) is 22.0. The monoisotopic (exact) mass is 482 g/mol. The van der Waals surface area contributed by atoms with Gasteiger partial charge in [-0.25, -0.2) is 0 Å². The molecule has 2 saturated carbocycles. The number of hydrogen-bond acceptors (Lipinski definition) is 4. The fraction of sp³-hybridized carbons (Fsp3) is 0.594. The van der Waals surface area contributed by atoms with Gasteiger partial charge in [0.25, 0.3) is 0 Å². The van der Waals surface area contributed by atoms with Crippen molar-refractivity contribution in [1.29, 1.82) is 0 Å². The molecule has 6 aliphatic rings. The molecule has 8 rings (SSSR count). The molecule has 36 heavy (non-hydrogen) atoms. The van der Waals surface area contributed by atoms with E-state index in [4.69, 9.17) is 9.47 Å². The van der Waals surface area contributed by atoms with Crippen LogP contribution in [0.3, 0.4) is 0 Å². The molecule has 0 N–H and O–H groups in total. The van der Waals surface area contributed by atoms with Crippen LogP contribution >= 0.6 is 0 Å². The van der Waals surface area contributed by atoms with Gasteiger partial charge in [0.2, 0.25) is 0 Å². The fourth-order valence-corrected chi connectivity index (χ4v) is 9.50. The Kier molecular flexibility index (Phi) is 4.74. The van der Waals surface area contributed by atoms with Crippen LogP contribution in [0.1, 0.15) is 69.8 Å². The highest BCUT2D eigenvalue weighted by Gasteiger charge is 2.66. The van der Waals surface area contributed by atoms with Crippen molar-refractivity contribution in [2.45, 2.75) is 81.5 Å². The van der Waals surface area contributed by atoms with Crippen molar-refractivity contribution >= 4 is 10.8 Å². The Morgan fingerprint density at radius 2 is 1.94 bits per heavy atom. The van der Waals surface area contributed by atoms with Crippen LogP contribution in [0.2, 0.25) is 0 Å². The summed E-state index contributed by atoms with van der Waals surface area (Å²) in [5.41, 5.74) is 4.78. The van der Waals surface area contributed by atoms with E-state index in [-0.39, 0.29) is 16.6 Å². The molecule has 0 unspecified atom stereocenters. The summed E-state index contributed by atoms with van der Waals surface area (Å²) in [5.74, 6) is 1.18. The minimum atomic E-state index is -0.0729. The molecular formula is C32H38N2O2. The Labute approximate surface area is 214 Å². The van der Waals surface area contributed by atoms with E-state index in [9.17, 15) is 0 Å². The molecule has 2 bridgehead atoms. The lowest BCUT2D eigenvalue weighted by atomic mass is 9.58. The Morgan fingerprint density at radius 1 is 1.03 bits per heavy atom. The number of morpholine rings is 1. The topological polar surface area (TPSA) is 34.6 Å². The highest BCUT2D eigenvalue weighted by Crippen LogP contribution is 2.69. The first-order chi connectivity index (χ1) is 17.6. The number of nitrogens with zero attached hydrogens (tertiary/aromatic N) is 2. The summed E-state index contributed by atoms with van der Waals surface area (Å²) in [6, 6.07) is 9.88. The summed E-state index contributed by atoms with van der Waals surface area (Å²) in [6.45, 7) is 6.52. The van der Waals surface area contributed by atoms with Crippen LogP contribution in [0.25, 0.3) is 10.8 Å². The van der Waals surface area contributed by atoms with E-state index in [2.05, 4.69) is 53.2 Å². The second kappa shape index (κ2) is 7.75. The maximum atomic E-state index is 7.53. The lowest BCUT2D eigenvalue weighted by molar-refractivity contribution is -0.143. The van der Waals surface area contributed by atoms with Crippen LogP contribution in [0, 0.1) is 11.3 Å². The molecule has 2 spiro atoms. The molecule has 2 aromatic rings. The predicted molar refractivity (Wildman–Crippen MR) is 142 cm³/mol. The van der Waals surface area contributed by atoms with Gasteiger partial charge in [-0.1, -0.05) is 31.2 Å². The Bertz CT molecular complexity index is 1280. The molecule has 4 fully saturated rings. The van der Waals surface area contributed by atoms with Gasteiger partial charge in [-0.15, -0.1) is 0 Å². The van der Waals surface area contributed by atoms with Gasteiger partial charge in [0.05, 0.1) is 24.4 Å². The van der Waals surface area contributed by atoms with Crippen LogP contribution in [-0.2, 0) is 9.47 Å². The average molecular weight is 483 g/mol. The van der Waals surface area contributed by atoms with Gasteiger partial charge in [0.15, 0.2) is 0 Å². The van der Waals surface area contributed by atoms with Gasteiger partial charge in [0.1, 0.15) is 0 Å². The van der Waals surface area contributed by atoms with Gasteiger partial charge in [-0.05, 0) is 103 Å². The zero-order valence-electron chi connectivity index (χ0n) is 21.5. The van der Waals surface area contributed by atoms with Crippen LogP contribution < -0.4 is 0 Å². The van der Waals surface area contributed by atoms with Crippen molar-refractivity contribution in [1.82, 2.24) is 9.88 Å². The van der Waals surface area contributed by atoms with Crippen LogP contribution in [-0.4, -0.2) is 53.4 Å². The molecule has 4 heteroatoms. The Morgan fingerprint density at radius 3 is 2.86 bits per heavy atom. The van der Waals surface area contributed by atoms with Gasteiger partial charge in [-0.3, -0.25) is 9.88 Å². The Balaban J connectivity index is 1.13. The first-order valence-electron chi connectivity index (χ1n) is 14.4. The average Bonchev–Trinajstić information content (AvgIpc) is 3.43. The summed E-state index contributed by atoms with van der Waals surface area (Å²) in [6.07, 6.45) is 18.9. The van der Waals surface area contributed by atoms with Crippen molar-refractivity contribution in [2.24, 2.45) is 11.3 Å². The number of rotatable bonds is 2. The van der Waals surface area contributed by atoms with Gasteiger partial charge in [0, 0.05) is 36.9 Å². The second-order valence-corrected chi connectivity index (χ2v) is 12.7. The number of pyridine rings is 1. The minimum Gasteiger partial charge on any atom is -0.379 e. The molecule has 3 aliphatic carbocycles. The number of fused-ring (bicyclic) bond motifs is 2. The van der Waals surface area contributed by atoms with E-state index in [1.165, 1.54) is 73.3 Å². The number of benzene rings is 1. The summed E-state index contributed by atoms with van der Waals surface area (Å²) in [5, 5.41) is 2.56. The van der Waals surface area contributed by atoms with Gasteiger partial charge in [-0.2, -0.15) is 0 Å². The summed E-state index contributed by atoms with van der Waals surface area (Å²) < 4.78 is 13.2. The molecule has 4 nitrogen and oxygen atoms in total. The smallest absolute Gasteiger partial charge is 0.0974 e. The third-order valence-corrected chi connectivity index (χ3v) is 11.3. The normalized spacial score (nSPS) is 41.9. The number of ether oxygens (including phenoxy) is 2. The lowest BCUT2D eigenvalue weighted by Crippen LogP contribution is -2.56. The number of aromatic nitrogens is 1. The van der Waals surface area contributed by atoms with Crippen molar-refractivity contribution < 1.29 is 9.47 Å². The maximum Gasteiger partial charge on any atom is 0.0974 e. The molecular weight excluding hydrogens is 444 g/mol. The largest absolute Gasteiger partial charge is 0.379 e. The van der Waals surface area contributed by atoms with Crippen molar-refractivity contribution in [3.63, 3.8) is 0 Å². The third-order valence-electron chi connectivity index (χ3n) is 11.3. The van der Waals surface area contributed by atoms with Crippen LogP contribution in [0.15, 0.2) is 60.0 Å². The molecule has 3 aliphatic heterocycles. The highest BCUT2D eigenvalue weighted by atomic mass is 16.5.